The van der Waals surface area contributed by atoms with Crippen LogP contribution in [0.2, 0.25) is 0 Å². The van der Waals surface area contributed by atoms with Crippen LogP contribution in [-0.4, -0.2) is 49.4 Å². The zero-order valence-electron chi connectivity index (χ0n) is 17.5. The second kappa shape index (κ2) is 9.93. The molecule has 0 saturated heterocycles. The smallest absolute Gasteiger partial charge is 0.407 e. The van der Waals surface area contributed by atoms with Crippen molar-refractivity contribution in [1.29, 1.82) is 0 Å². The molecule has 6 heteroatoms. The van der Waals surface area contributed by atoms with E-state index in [9.17, 15) is 4.79 Å². The van der Waals surface area contributed by atoms with Crippen LogP contribution in [0.1, 0.15) is 52.0 Å². The summed E-state index contributed by atoms with van der Waals surface area (Å²) in [6, 6.07) is 4.76. The molecule has 1 heterocycles. The predicted octanol–water partition coefficient (Wildman–Crippen LogP) is 3.50. The first-order valence-electron chi connectivity index (χ1n) is 10.1. The topological polar surface area (TPSA) is 66.5 Å². The molecule has 1 amide bonds. The average Bonchev–Trinajstić information content (AvgIpc) is 2.59. The molecule has 0 spiro atoms. The van der Waals surface area contributed by atoms with E-state index in [0.29, 0.717) is 12.6 Å². The summed E-state index contributed by atoms with van der Waals surface area (Å²) in [5.74, 6) is 1.77. The van der Waals surface area contributed by atoms with Gasteiger partial charge in [-0.05, 0) is 70.9 Å². The van der Waals surface area contributed by atoms with Gasteiger partial charge in [0.1, 0.15) is 11.4 Å². The first-order chi connectivity index (χ1) is 12.7. The second-order valence-electron chi connectivity index (χ2n) is 8.67. The molecule has 1 aromatic heterocycles. The minimum Gasteiger partial charge on any atom is -0.444 e. The van der Waals surface area contributed by atoms with Gasteiger partial charge in [0.2, 0.25) is 0 Å². The van der Waals surface area contributed by atoms with Crippen LogP contribution in [0.4, 0.5) is 10.6 Å². The Hall–Kier alpha value is -1.82. The molecule has 0 aliphatic heterocycles. The molecule has 0 unspecified atom stereocenters. The van der Waals surface area contributed by atoms with E-state index >= 15 is 0 Å². The maximum absolute atomic E-state index is 11.6. The molecule has 1 aliphatic carbocycles. The number of hydrogen-bond donors (Lipinski definition) is 2. The molecular weight excluding hydrogens is 340 g/mol. The zero-order chi connectivity index (χ0) is 19.9. The van der Waals surface area contributed by atoms with E-state index in [2.05, 4.69) is 46.6 Å². The second-order valence-corrected chi connectivity index (χ2v) is 8.67. The van der Waals surface area contributed by atoms with E-state index in [0.717, 1.165) is 24.8 Å². The van der Waals surface area contributed by atoms with Gasteiger partial charge in [-0.3, -0.25) is 0 Å². The number of carbonyl (C=O) groups is 1. The number of rotatable bonds is 7. The van der Waals surface area contributed by atoms with Gasteiger partial charge in [-0.25, -0.2) is 9.78 Å². The van der Waals surface area contributed by atoms with Gasteiger partial charge in [0, 0.05) is 38.9 Å². The van der Waals surface area contributed by atoms with Crippen molar-refractivity contribution in [2.75, 3.05) is 31.6 Å². The van der Waals surface area contributed by atoms with Crippen molar-refractivity contribution in [1.82, 2.24) is 15.6 Å². The molecule has 2 N–H and O–H groups in total. The van der Waals surface area contributed by atoms with Crippen molar-refractivity contribution in [3.8, 4) is 0 Å². The van der Waals surface area contributed by atoms with Crippen molar-refractivity contribution in [3.05, 3.63) is 23.9 Å². The van der Waals surface area contributed by atoms with Crippen molar-refractivity contribution >= 4 is 11.9 Å². The minimum atomic E-state index is -0.447. The summed E-state index contributed by atoms with van der Waals surface area (Å²) in [5.41, 5.74) is 0.747. The molecule has 0 radical (unpaired) electrons. The van der Waals surface area contributed by atoms with Gasteiger partial charge in [-0.1, -0.05) is 6.07 Å². The van der Waals surface area contributed by atoms with Crippen molar-refractivity contribution in [3.63, 3.8) is 0 Å². The highest BCUT2D eigenvalue weighted by molar-refractivity contribution is 5.67. The van der Waals surface area contributed by atoms with E-state index in [-0.39, 0.29) is 6.09 Å². The van der Waals surface area contributed by atoms with Crippen LogP contribution in [0, 0.1) is 12.8 Å². The lowest BCUT2D eigenvalue weighted by molar-refractivity contribution is 0.0527. The number of alkyl carbamates (subject to hydrolysis) is 1. The molecule has 0 bridgehead atoms. The number of nitrogens with one attached hydrogen (secondary N) is 2. The number of carbonyl (C=O) groups excluding carboxylic acids is 1. The fourth-order valence-electron chi connectivity index (χ4n) is 3.47. The Kier molecular flexibility index (Phi) is 7.90. The number of aryl methyl sites for hydroxylation is 1. The molecule has 0 atom stereocenters. The molecule has 2 rings (SSSR count). The summed E-state index contributed by atoms with van der Waals surface area (Å²) in [5, 5.41) is 6.35. The molecular formula is C21H36N4O2. The Morgan fingerprint density at radius 2 is 1.93 bits per heavy atom. The molecule has 1 fully saturated rings. The summed E-state index contributed by atoms with van der Waals surface area (Å²) in [4.78, 5) is 18.4. The van der Waals surface area contributed by atoms with E-state index in [1.807, 2.05) is 27.0 Å². The SMILES string of the molecule is Cc1ccc(N(C)CC2CCC(NCCNC(=O)OC(C)(C)C)CC2)nc1. The Balaban J connectivity index is 1.60. The van der Waals surface area contributed by atoms with Gasteiger partial charge in [0.25, 0.3) is 0 Å². The van der Waals surface area contributed by atoms with Crippen LogP contribution in [0.25, 0.3) is 0 Å². The monoisotopic (exact) mass is 376 g/mol. The summed E-state index contributed by atoms with van der Waals surface area (Å²) >= 11 is 0. The van der Waals surface area contributed by atoms with Crippen LogP contribution in [0.15, 0.2) is 18.3 Å². The molecule has 152 valence electrons. The number of ether oxygens (including phenoxy) is 1. The fourth-order valence-corrected chi connectivity index (χ4v) is 3.47. The number of hydrogen-bond acceptors (Lipinski definition) is 5. The highest BCUT2D eigenvalue weighted by atomic mass is 16.6. The molecule has 1 saturated carbocycles. The summed E-state index contributed by atoms with van der Waals surface area (Å²) in [7, 11) is 2.13. The molecule has 1 aliphatic rings. The van der Waals surface area contributed by atoms with E-state index in [1.165, 1.54) is 31.2 Å². The van der Waals surface area contributed by atoms with Gasteiger partial charge in [-0.2, -0.15) is 0 Å². The number of anilines is 1. The molecule has 1 aromatic rings. The normalized spacial score (nSPS) is 20.2. The largest absolute Gasteiger partial charge is 0.444 e. The van der Waals surface area contributed by atoms with Crippen molar-refractivity contribution in [2.45, 2.75) is 65.0 Å². The van der Waals surface area contributed by atoms with E-state index in [4.69, 9.17) is 4.74 Å². The first-order valence-corrected chi connectivity index (χ1v) is 10.1. The van der Waals surface area contributed by atoms with Gasteiger partial charge in [0.05, 0.1) is 0 Å². The molecule has 0 aromatic carbocycles. The summed E-state index contributed by atoms with van der Waals surface area (Å²) in [6.07, 6.45) is 6.41. The molecule has 27 heavy (non-hydrogen) atoms. The summed E-state index contributed by atoms with van der Waals surface area (Å²) < 4.78 is 5.24. The van der Waals surface area contributed by atoms with Crippen molar-refractivity contribution in [2.24, 2.45) is 5.92 Å². The number of pyridine rings is 1. The van der Waals surface area contributed by atoms with Crippen molar-refractivity contribution < 1.29 is 9.53 Å². The lowest BCUT2D eigenvalue weighted by atomic mass is 9.85. The lowest BCUT2D eigenvalue weighted by Gasteiger charge is -2.32. The van der Waals surface area contributed by atoms with Gasteiger partial charge in [0.15, 0.2) is 0 Å². The summed E-state index contributed by atoms with van der Waals surface area (Å²) in [6.45, 7) is 10.1. The lowest BCUT2D eigenvalue weighted by Crippen LogP contribution is -2.41. The minimum absolute atomic E-state index is 0.347. The first kappa shape index (κ1) is 21.5. The third-order valence-corrected chi connectivity index (χ3v) is 4.89. The van der Waals surface area contributed by atoms with E-state index in [1.54, 1.807) is 0 Å². The third kappa shape index (κ3) is 8.16. The van der Waals surface area contributed by atoms with Crippen LogP contribution >= 0.6 is 0 Å². The molecule has 6 nitrogen and oxygen atoms in total. The number of aromatic nitrogens is 1. The Labute approximate surface area is 164 Å². The van der Waals surface area contributed by atoms with Gasteiger partial charge in [-0.15, -0.1) is 0 Å². The Bertz CT molecular complexity index is 575. The maximum Gasteiger partial charge on any atom is 0.407 e. The Morgan fingerprint density at radius 3 is 2.52 bits per heavy atom. The van der Waals surface area contributed by atoms with Gasteiger partial charge < -0.3 is 20.3 Å². The highest BCUT2D eigenvalue weighted by Crippen LogP contribution is 2.26. The van der Waals surface area contributed by atoms with Gasteiger partial charge >= 0.3 is 6.09 Å². The number of nitrogens with zero attached hydrogens (tertiary/aromatic N) is 2. The third-order valence-electron chi connectivity index (χ3n) is 4.89. The van der Waals surface area contributed by atoms with Crippen LogP contribution < -0.4 is 15.5 Å². The average molecular weight is 377 g/mol. The fraction of sp³-hybridized carbons (Fsp3) is 0.714. The number of amides is 1. The maximum atomic E-state index is 11.6. The van der Waals surface area contributed by atoms with Crippen LogP contribution in [0.5, 0.6) is 0 Å². The van der Waals surface area contributed by atoms with Crippen LogP contribution in [0.3, 0.4) is 0 Å². The van der Waals surface area contributed by atoms with E-state index < -0.39 is 5.60 Å². The zero-order valence-corrected chi connectivity index (χ0v) is 17.5. The quantitative estimate of drug-likeness (QED) is 0.713. The predicted molar refractivity (Wildman–Crippen MR) is 110 cm³/mol. The highest BCUT2D eigenvalue weighted by Gasteiger charge is 2.22. The standard InChI is InChI=1S/C21H36N4O2/c1-16-6-11-19(24-14-16)25(5)15-17-7-9-18(10-8-17)22-12-13-23-20(26)27-21(2,3)4/h6,11,14,17-18,22H,7-10,12-13,15H2,1-5H3,(H,23,26). The Morgan fingerprint density at radius 1 is 1.22 bits per heavy atom. The van der Waals surface area contributed by atoms with Crippen LogP contribution in [-0.2, 0) is 4.74 Å².